The molecule has 23 heavy (non-hydrogen) atoms. The van der Waals surface area contributed by atoms with Gasteiger partial charge in [-0.25, -0.2) is 0 Å². The van der Waals surface area contributed by atoms with Crippen molar-refractivity contribution in [3.8, 4) is 6.07 Å². The van der Waals surface area contributed by atoms with Gasteiger partial charge >= 0.3 is 0 Å². The molecule has 0 spiro atoms. The Labute approximate surface area is 136 Å². The second-order valence-electron chi connectivity index (χ2n) is 6.29. The van der Waals surface area contributed by atoms with Crippen LogP contribution in [0.1, 0.15) is 31.4 Å². The molecule has 1 aromatic rings. The Morgan fingerprint density at radius 3 is 2.83 bits per heavy atom. The summed E-state index contributed by atoms with van der Waals surface area (Å²) in [7, 11) is 5.26. The molecule has 0 aliphatic carbocycles. The molecule has 3 unspecified atom stereocenters. The zero-order valence-electron chi connectivity index (χ0n) is 14.1. The average Bonchev–Trinajstić information content (AvgIpc) is 2.94. The average molecular weight is 317 g/mol. The van der Waals surface area contributed by atoms with E-state index in [0.29, 0.717) is 19.4 Å². The third kappa shape index (κ3) is 3.52. The molecular weight excluding hydrogens is 294 g/mol. The van der Waals surface area contributed by atoms with Crippen molar-refractivity contribution < 1.29 is 9.59 Å². The van der Waals surface area contributed by atoms with E-state index in [-0.39, 0.29) is 29.7 Å². The molecule has 0 bridgehead atoms. The van der Waals surface area contributed by atoms with Gasteiger partial charge in [0.25, 0.3) is 0 Å². The van der Waals surface area contributed by atoms with Crippen LogP contribution in [-0.2, 0) is 16.6 Å². The second-order valence-corrected chi connectivity index (χ2v) is 6.29. The van der Waals surface area contributed by atoms with Crippen LogP contribution in [0.3, 0.4) is 0 Å². The minimum absolute atomic E-state index is 0.0275. The summed E-state index contributed by atoms with van der Waals surface area (Å²) in [6, 6.07) is 1.84. The van der Waals surface area contributed by atoms with Crippen LogP contribution in [0.5, 0.6) is 0 Å². The number of nitrogens with zero attached hydrogens (tertiary/aromatic N) is 5. The van der Waals surface area contributed by atoms with Gasteiger partial charge in [-0.2, -0.15) is 10.4 Å². The van der Waals surface area contributed by atoms with E-state index in [2.05, 4.69) is 11.2 Å². The van der Waals surface area contributed by atoms with Crippen molar-refractivity contribution in [3.63, 3.8) is 0 Å². The molecule has 2 amide bonds. The SMILES string of the molecule is CC(C#N)CN(C)C(=O)C1CCC(=O)N(C)C1c1cnn(C)c1. The van der Waals surface area contributed by atoms with Crippen LogP contribution >= 0.6 is 0 Å². The quantitative estimate of drug-likeness (QED) is 0.828. The van der Waals surface area contributed by atoms with E-state index >= 15 is 0 Å². The largest absolute Gasteiger partial charge is 0.344 e. The lowest BCUT2D eigenvalue weighted by Crippen LogP contribution is -2.47. The predicted octanol–water partition coefficient (Wildman–Crippen LogP) is 0.948. The van der Waals surface area contributed by atoms with Gasteiger partial charge in [-0.3, -0.25) is 14.3 Å². The summed E-state index contributed by atoms with van der Waals surface area (Å²) in [6.45, 7) is 2.18. The van der Waals surface area contributed by atoms with Crippen LogP contribution in [0.15, 0.2) is 12.4 Å². The van der Waals surface area contributed by atoms with Gasteiger partial charge in [0.05, 0.1) is 30.1 Å². The van der Waals surface area contributed by atoms with Crippen molar-refractivity contribution >= 4 is 11.8 Å². The molecule has 124 valence electrons. The second kappa shape index (κ2) is 6.82. The highest BCUT2D eigenvalue weighted by atomic mass is 16.2. The lowest BCUT2D eigenvalue weighted by atomic mass is 9.84. The standard InChI is InChI=1S/C16H23N5O2/c1-11(7-17)9-19(2)16(23)13-5-6-14(22)21(4)15(13)12-8-18-20(3)10-12/h8,10-11,13,15H,5-6,9H2,1-4H3. The molecule has 1 saturated heterocycles. The third-order valence-corrected chi connectivity index (χ3v) is 4.39. The van der Waals surface area contributed by atoms with Gasteiger partial charge in [-0.05, 0) is 13.3 Å². The lowest BCUT2D eigenvalue weighted by molar-refractivity contribution is -0.146. The Hall–Kier alpha value is -2.36. The number of nitriles is 1. The number of hydrogen-bond acceptors (Lipinski definition) is 4. The van der Waals surface area contributed by atoms with Crippen LogP contribution < -0.4 is 0 Å². The Kier molecular flexibility index (Phi) is 5.04. The van der Waals surface area contributed by atoms with E-state index in [4.69, 9.17) is 5.26 Å². The predicted molar refractivity (Wildman–Crippen MR) is 83.9 cm³/mol. The highest BCUT2D eigenvalue weighted by Gasteiger charge is 2.40. The highest BCUT2D eigenvalue weighted by Crippen LogP contribution is 2.36. The Balaban J connectivity index is 2.25. The number of hydrogen-bond donors (Lipinski definition) is 0. The minimum Gasteiger partial charge on any atom is -0.344 e. The van der Waals surface area contributed by atoms with E-state index in [1.807, 2.05) is 13.2 Å². The summed E-state index contributed by atoms with van der Waals surface area (Å²) < 4.78 is 1.67. The van der Waals surface area contributed by atoms with Gasteiger partial charge in [0.1, 0.15) is 0 Å². The number of piperidine rings is 1. The third-order valence-electron chi connectivity index (χ3n) is 4.39. The van der Waals surface area contributed by atoms with Gasteiger partial charge in [0, 0.05) is 45.9 Å². The summed E-state index contributed by atoms with van der Waals surface area (Å²) in [5.74, 6) is -0.516. The van der Waals surface area contributed by atoms with Crippen LogP contribution in [-0.4, -0.2) is 52.0 Å². The molecule has 0 N–H and O–H groups in total. The first-order valence-electron chi connectivity index (χ1n) is 7.74. The van der Waals surface area contributed by atoms with Crippen molar-refractivity contribution in [2.75, 3.05) is 20.6 Å². The summed E-state index contributed by atoms with van der Waals surface area (Å²) in [4.78, 5) is 28.2. The van der Waals surface area contributed by atoms with Crippen molar-refractivity contribution in [2.24, 2.45) is 18.9 Å². The summed E-state index contributed by atoms with van der Waals surface area (Å²) >= 11 is 0. The zero-order valence-corrected chi connectivity index (χ0v) is 14.1. The number of likely N-dealkylation sites (tertiary alicyclic amines) is 1. The van der Waals surface area contributed by atoms with E-state index in [9.17, 15) is 9.59 Å². The first-order chi connectivity index (χ1) is 10.8. The van der Waals surface area contributed by atoms with E-state index in [1.165, 1.54) is 0 Å². The van der Waals surface area contributed by atoms with Gasteiger partial charge in [-0.15, -0.1) is 0 Å². The molecule has 0 saturated carbocycles. The molecule has 1 aliphatic rings. The van der Waals surface area contributed by atoms with E-state index < -0.39 is 0 Å². The molecule has 0 aromatic carbocycles. The fourth-order valence-corrected chi connectivity index (χ4v) is 3.17. The molecule has 1 aliphatic heterocycles. The molecule has 3 atom stereocenters. The normalized spacial score (nSPS) is 22.6. The van der Waals surface area contributed by atoms with Crippen LogP contribution in [0.25, 0.3) is 0 Å². The van der Waals surface area contributed by atoms with Crippen molar-refractivity contribution in [3.05, 3.63) is 18.0 Å². The minimum atomic E-state index is -0.308. The smallest absolute Gasteiger partial charge is 0.227 e. The van der Waals surface area contributed by atoms with Gasteiger partial charge < -0.3 is 9.80 Å². The number of amides is 2. The highest BCUT2D eigenvalue weighted by molar-refractivity contribution is 5.84. The maximum Gasteiger partial charge on any atom is 0.227 e. The summed E-state index contributed by atoms with van der Waals surface area (Å²) in [5.41, 5.74) is 0.864. The van der Waals surface area contributed by atoms with Gasteiger partial charge in [0.15, 0.2) is 0 Å². The van der Waals surface area contributed by atoms with Gasteiger partial charge in [-0.1, -0.05) is 0 Å². The molecule has 1 aromatic heterocycles. The van der Waals surface area contributed by atoms with Crippen molar-refractivity contribution in [1.29, 1.82) is 5.26 Å². The Morgan fingerprint density at radius 1 is 1.57 bits per heavy atom. The monoisotopic (exact) mass is 317 g/mol. The molecule has 7 nitrogen and oxygen atoms in total. The van der Waals surface area contributed by atoms with Crippen LogP contribution in [0, 0.1) is 23.2 Å². The number of aromatic nitrogens is 2. The van der Waals surface area contributed by atoms with Gasteiger partial charge in [0.2, 0.25) is 11.8 Å². The molecule has 7 heteroatoms. The first kappa shape index (κ1) is 17.0. The zero-order chi connectivity index (χ0) is 17.1. The Morgan fingerprint density at radius 2 is 2.26 bits per heavy atom. The Bertz CT molecular complexity index is 633. The fraction of sp³-hybridized carbons (Fsp3) is 0.625. The fourth-order valence-electron chi connectivity index (χ4n) is 3.17. The first-order valence-corrected chi connectivity index (χ1v) is 7.74. The number of carbonyl (C=O) groups is 2. The molecule has 2 rings (SSSR count). The molecule has 1 fully saturated rings. The topological polar surface area (TPSA) is 82.2 Å². The van der Waals surface area contributed by atoms with Crippen LogP contribution in [0.4, 0.5) is 0 Å². The number of carbonyl (C=O) groups excluding carboxylic acids is 2. The summed E-state index contributed by atoms with van der Waals surface area (Å²) in [6.07, 6.45) is 4.44. The van der Waals surface area contributed by atoms with E-state index in [0.717, 1.165) is 5.56 Å². The molecule has 0 radical (unpaired) electrons. The maximum absolute atomic E-state index is 12.8. The van der Waals surface area contributed by atoms with Crippen molar-refractivity contribution in [2.45, 2.75) is 25.8 Å². The van der Waals surface area contributed by atoms with Crippen molar-refractivity contribution in [1.82, 2.24) is 19.6 Å². The molecule has 2 heterocycles. The number of aryl methyl sites for hydroxylation is 1. The number of rotatable bonds is 4. The lowest BCUT2D eigenvalue weighted by Gasteiger charge is -2.39. The molecular formula is C16H23N5O2. The maximum atomic E-state index is 12.8. The summed E-state index contributed by atoms with van der Waals surface area (Å²) in [5, 5.41) is 13.1. The van der Waals surface area contributed by atoms with Crippen LogP contribution in [0.2, 0.25) is 0 Å². The van der Waals surface area contributed by atoms with E-state index in [1.54, 1.807) is 41.7 Å².